The van der Waals surface area contributed by atoms with Crippen molar-refractivity contribution in [2.75, 3.05) is 0 Å². The van der Waals surface area contributed by atoms with Crippen LogP contribution < -0.4 is 5.19 Å². The fraction of sp³-hybridized carbons (Fsp3) is 0.320. The molecular weight excluding hydrogens is 865 g/mol. The van der Waals surface area contributed by atoms with Crippen molar-refractivity contribution in [2.24, 2.45) is 5.92 Å². The van der Waals surface area contributed by atoms with Gasteiger partial charge in [0.1, 0.15) is 5.58 Å². The first-order valence-corrected chi connectivity index (χ1v) is 23.7. The Kier molecular flexibility index (Phi) is 12.3. The number of nitrogens with zero attached hydrogens (tertiary/aromatic N) is 2. The van der Waals surface area contributed by atoms with Crippen LogP contribution in [0.4, 0.5) is 0 Å². The second kappa shape index (κ2) is 17.3. The van der Waals surface area contributed by atoms with Crippen LogP contribution in [0.3, 0.4) is 0 Å². The van der Waals surface area contributed by atoms with Crippen molar-refractivity contribution in [2.45, 2.75) is 96.7 Å². The molecule has 2 fully saturated rings. The maximum absolute atomic E-state index is 6.62. The van der Waals surface area contributed by atoms with Crippen LogP contribution in [0.1, 0.15) is 80.4 Å². The molecular formula is C50H52IrN2OSi-2. The summed E-state index contributed by atoms with van der Waals surface area (Å²) in [6.45, 7) is 9.21. The minimum Gasteiger partial charge on any atom is -0.500 e. The van der Waals surface area contributed by atoms with Gasteiger partial charge in [-0.05, 0) is 59.3 Å². The molecule has 3 heterocycles. The van der Waals surface area contributed by atoms with Crippen LogP contribution in [-0.4, -0.2) is 18.0 Å². The minimum atomic E-state index is -1.26. The van der Waals surface area contributed by atoms with Crippen LogP contribution in [0.25, 0.3) is 55.6 Å². The molecule has 9 rings (SSSR count). The summed E-state index contributed by atoms with van der Waals surface area (Å²) >= 11 is 0. The van der Waals surface area contributed by atoms with Gasteiger partial charge < -0.3 is 14.4 Å². The molecule has 283 valence electrons. The normalized spacial score (nSPS) is 15.1. The number of pyridine rings is 2. The van der Waals surface area contributed by atoms with Crippen LogP contribution in [0.15, 0.2) is 114 Å². The average Bonchev–Trinajstić information content (AvgIpc) is 3.89. The molecule has 0 bridgehead atoms. The van der Waals surface area contributed by atoms with Gasteiger partial charge in [-0.1, -0.05) is 155 Å². The maximum Gasteiger partial charge on any atom is 0.128 e. The monoisotopic (exact) mass is 917 g/mol. The van der Waals surface area contributed by atoms with E-state index in [0.717, 1.165) is 73.8 Å². The van der Waals surface area contributed by atoms with Gasteiger partial charge in [0.05, 0.1) is 13.7 Å². The van der Waals surface area contributed by atoms with Crippen LogP contribution in [0, 0.1) is 25.0 Å². The molecule has 55 heavy (non-hydrogen) atoms. The third-order valence-electron chi connectivity index (χ3n) is 11.7. The van der Waals surface area contributed by atoms with Crippen molar-refractivity contribution in [3.05, 3.63) is 138 Å². The van der Waals surface area contributed by atoms with E-state index < -0.39 is 8.07 Å². The molecule has 0 unspecified atom stereocenters. The van der Waals surface area contributed by atoms with E-state index >= 15 is 0 Å². The second-order valence-corrected chi connectivity index (χ2v) is 21.7. The summed E-state index contributed by atoms with van der Waals surface area (Å²) in [5, 5.41) is 3.73. The Morgan fingerprint density at radius 3 is 2.27 bits per heavy atom. The van der Waals surface area contributed by atoms with Crippen molar-refractivity contribution >= 4 is 35.2 Å². The molecule has 3 nitrogen and oxygen atoms in total. The van der Waals surface area contributed by atoms with Crippen LogP contribution in [0.2, 0.25) is 19.6 Å². The third-order valence-corrected chi connectivity index (χ3v) is 13.8. The van der Waals surface area contributed by atoms with Gasteiger partial charge in [-0.2, -0.15) is 0 Å². The molecule has 0 atom stereocenters. The summed E-state index contributed by atoms with van der Waals surface area (Å²) in [5.74, 6) is 1.55. The fourth-order valence-corrected chi connectivity index (χ4v) is 9.68. The number of fused-ring (bicyclic) bond motifs is 3. The minimum absolute atomic E-state index is 0. The third kappa shape index (κ3) is 8.80. The number of para-hydroxylation sites is 1. The zero-order valence-electron chi connectivity index (χ0n) is 32.8. The number of benzene rings is 4. The summed E-state index contributed by atoms with van der Waals surface area (Å²) in [7, 11) is -1.26. The number of aryl methyl sites for hydroxylation is 1. The van der Waals surface area contributed by atoms with E-state index in [-0.39, 0.29) is 20.1 Å². The van der Waals surface area contributed by atoms with Gasteiger partial charge in [0.25, 0.3) is 0 Å². The zero-order chi connectivity index (χ0) is 37.1. The van der Waals surface area contributed by atoms with E-state index in [4.69, 9.17) is 9.40 Å². The first-order chi connectivity index (χ1) is 26.3. The summed E-state index contributed by atoms with van der Waals surface area (Å²) in [5.41, 5.74) is 12.2. The van der Waals surface area contributed by atoms with E-state index in [1.807, 2.05) is 12.3 Å². The molecule has 0 spiro atoms. The molecule has 5 heteroatoms. The smallest absolute Gasteiger partial charge is 0.128 e. The topological polar surface area (TPSA) is 38.9 Å². The fourth-order valence-electron chi connectivity index (χ4n) is 8.64. The van der Waals surface area contributed by atoms with Gasteiger partial charge >= 0.3 is 0 Å². The Morgan fingerprint density at radius 2 is 1.53 bits per heavy atom. The quantitative estimate of drug-likeness (QED) is 0.118. The number of hydrogen-bond donors (Lipinski definition) is 0. The number of furan rings is 1. The van der Waals surface area contributed by atoms with Crippen molar-refractivity contribution in [3.63, 3.8) is 0 Å². The van der Waals surface area contributed by atoms with Gasteiger partial charge in [-0.3, -0.25) is 0 Å². The average molecular weight is 917 g/mol. The summed E-state index contributed by atoms with van der Waals surface area (Å²) < 4.78 is 6.62. The number of hydrogen-bond acceptors (Lipinski definition) is 3. The van der Waals surface area contributed by atoms with Crippen molar-refractivity contribution < 1.29 is 24.5 Å². The molecule has 2 aliphatic carbocycles. The zero-order valence-corrected chi connectivity index (χ0v) is 36.1. The molecule has 0 saturated heterocycles. The van der Waals surface area contributed by atoms with Gasteiger partial charge in [0, 0.05) is 43.4 Å². The van der Waals surface area contributed by atoms with Crippen molar-refractivity contribution in [1.29, 1.82) is 0 Å². The van der Waals surface area contributed by atoms with Gasteiger partial charge in [0.2, 0.25) is 0 Å². The predicted molar refractivity (Wildman–Crippen MR) is 229 cm³/mol. The first-order valence-electron chi connectivity index (χ1n) is 20.2. The number of aromatic nitrogens is 2. The van der Waals surface area contributed by atoms with Crippen molar-refractivity contribution in [3.8, 4) is 33.6 Å². The second-order valence-electron chi connectivity index (χ2n) is 16.7. The standard InChI is InChI=1S/C31H28NO.C19H24NSi.Ir/c1-21-15-16-26(28-20-23(17-18-32-28)19-22-9-4-2-5-10-22)31-29(21)27-14-8-13-25(30(27)33-31)24-11-6-3-7-12-24;1-21(2,3)18-11-12-19(20-14-18)17-10-6-9-16(13-17)15-7-4-5-8-15;/h3,6-8,11-15,17-18,20,22H,2,4-5,9-10,19H2,1H3;6,9,11-15H,4-5,7-8H2,1-3H3;/q2*-1;. The molecule has 2 aliphatic rings. The van der Waals surface area contributed by atoms with E-state index in [1.165, 1.54) is 79.7 Å². The summed E-state index contributed by atoms with van der Waals surface area (Å²) in [6.07, 6.45) is 17.4. The summed E-state index contributed by atoms with van der Waals surface area (Å²) in [4.78, 5) is 9.43. The molecule has 1 radical (unpaired) electrons. The predicted octanol–water partition coefficient (Wildman–Crippen LogP) is 13.3. The van der Waals surface area contributed by atoms with Crippen LogP contribution in [0.5, 0.6) is 0 Å². The Labute approximate surface area is 342 Å². The Balaban J connectivity index is 0.000000183. The van der Waals surface area contributed by atoms with E-state index in [0.29, 0.717) is 0 Å². The Hall–Kier alpha value is -4.15. The summed E-state index contributed by atoms with van der Waals surface area (Å²) in [6, 6.07) is 41.3. The molecule has 3 aromatic heterocycles. The van der Waals surface area contributed by atoms with Gasteiger partial charge in [0.15, 0.2) is 0 Å². The van der Waals surface area contributed by atoms with Crippen LogP contribution in [-0.2, 0) is 26.5 Å². The first kappa shape index (κ1) is 39.1. The molecule has 4 aromatic carbocycles. The van der Waals surface area contributed by atoms with Gasteiger partial charge in [-0.25, -0.2) is 0 Å². The SMILES string of the molecule is C[Si](C)(C)c1ccc(-c2[c-]ccc(C3CCCC3)c2)nc1.Cc1c[c-]c(-c2cc(CC3CCCCC3)ccn2)c2oc3c(-c4ccccc4)cccc3c12.[Ir]. The van der Waals surface area contributed by atoms with Gasteiger partial charge in [-0.15, -0.1) is 53.1 Å². The maximum atomic E-state index is 6.62. The van der Waals surface area contributed by atoms with Crippen molar-refractivity contribution in [1.82, 2.24) is 9.97 Å². The molecule has 0 aliphatic heterocycles. The largest absolute Gasteiger partial charge is 0.500 e. The number of rotatable bonds is 7. The van der Waals surface area contributed by atoms with Crippen LogP contribution >= 0.6 is 0 Å². The van der Waals surface area contributed by atoms with E-state index in [2.05, 4.69) is 141 Å². The Bertz CT molecular complexity index is 2350. The molecule has 0 N–H and O–H groups in total. The molecule has 7 aromatic rings. The molecule has 2 saturated carbocycles. The Morgan fingerprint density at radius 1 is 0.745 bits per heavy atom. The van der Waals surface area contributed by atoms with E-state index in [1.54, 1.807) is 0 Å². The molecule has 0 amide bonds. The van der Waals surface area contributed by atoms with E-state index in [9.17, 15) is 0 Å².